The van der Waals surface area contributed by atoms with Gasteiger partial charge in [-0.1, -0.05) is 35.9 Å². The Balaban J connectivity index is 2.02. The maximum Gasteiger partial charge on any atom is 0.387 e. The summed E-state index contributed by atoms with van der Waals surface area (Å²) in [4.78, 5) is 14.3. The molecule has 0 aromatic heterocycles. The van der Waals surface area contributed by atoms with Gasteiger partial charge in [-0.05, 0) is 57.3 Å². The minimum absolute atomic E-state index is 0.0401. The quantitative estimate of drug-likeness (QED) is 0.580. The van der Waals surface area contributed by atoms with E-state index in [1.54, 1.807) is 25.1 Å². The number of aryl methyl sites for hydroxylation is 1. The monoisotopic (exact) mass is 418 g/mol. The molecule has 0 aliphatic carbocycles. The third-order valence-corrected chi connectivity index (χ3v) is 4.47. The maximum atomic E-state index is 12.5. The van der Waals surface area contributed by atoms with Crippen molar-refractivity contribution in [2.75, 3.05) is 27.2 Å². The van der Waals surface area contributed by atoms with Gasteiger partial charge in [0.05, 0.1) is 12.6 Å². The normalized spacial score (nSPS) is 12.4. The summed E-state index contributed by atoms with van der Waals surface area (Å²) >= 11 is 0. The van der Waals surface area contributed by atoms with Crippen LogP contribution in [-0.4, -0.2) is 44.7 Å². The molecule has 0 bridgehead atoms. The second-order valence-electron chi connectivity index (χ2n) is 6.99. The van der Waals surface area contributed by atoms with Crippen LogP contribution >= 0.6 is 0 Å². The molecule has 162 valence electrons. The van der Waals surface area contributed by atoms with Gasteiger partial charge in [-0.2, -0.15) is 8.78 Å². The number of hydrogen-bond acceptors (Lipinski definition) is 4. The lowest BCUT2D eigenvalue weighted by atomic mass is 10.0. The van der Waals surface area contributed by atoms with Crippen molar-refractivity contribution in [1.29, 1.82) is 0 Å². The maximum absolute atomic E-state index is 12.5. The Labute approximate surface area is 176 Å². The molecular formula is C23H28F2N2O3. The van der Waals surface area contributed by atoms with Crippen molar-refractivity contribution < 1.29 is 23.0 Å². The van der Waals surface area contributed by atoms with Gasteiger partial charge < -0.3 is 19.7 Å². The molecular weight excluding hydrogens is 390 g/mol. The van der Waals surface area contributed by atoms with Gasteiger partial charge in [0, 0.05) is 12.6 Å². The highest BCUT2D eigenvalue weighted by molar-refractivity contribution is 5.91. The number of carbonyl (C=O) groups is 1. The summed E-state index contributed by atoms with van der Waals surface area (Å²) in [5.41, 5.74) is 2.93. The van der Waals surface area contributed by atoms with Gasteiger partial charge in [-0.15, -0.1) is 0 Å². The van der Waals surface area contributed by atoms with Crippen LogP contribution in [0.15, 0.2) is 48.5 Å². The summed E-state index contributed by atoms with van der Waals surface area (Å²) in [5.74, 6) is -0.0902. The van der Waals surface area contributed by atoms with E-state index in [1.165, 1.54) is 17.7 Å². The Kier molecular flexibility index (Phi) is 8.80. The number of ether oxygens (including phenoxy) is 2. The molecule has 2 rings (SSSR count). The smallest absolute Gasteiger partial charge is 0.387 e. The highest BCUT2D eigenvalue weighted by Crippen LogP contribution is 2.30. The summed E-state index contributed by atoms with van der Waals surface area (Å²) in [6.07, 6.45) is 3.00. The number of benzene rings is 2. The average Bonchev–Trinajstić information content (AvgIpc) is 2.69. The van der Waals surface area contributed by atoms with E-state index in [0.717, 1.165) is 5.56 Å². The Morgan fingerprint density at radius 1 is 1.13 bits per heavy atom. The number of likely N-dealkylation sites (N-methyl/N-ethyl adjacent to an activating group) is 1. The molecule has 7 heteroatoms. The van der Waals surface area contributed by atoms with Crippen molar-refractivity contribution in [3.63, 3.8) is 0 Å². The average molecular weight is 418 g/mol. The first kappa shape index (κ1) is 23.3. The molecule has 0 saturated carbocycles. The van der Waals surface area contributed by atoms with E-state index in [0.29, 0.717) is 18.7 Å². The van der Waals surface area contributed by atoms with Crippen LogP contribution in [0.25, 0.3) is 6.08 Å². The van der Waals surface area contributed by atoms with Crippen LogP contribution in [0.1, 0.15) is 29.7 Å². The third kappa shape index (κ3) is 7.15. The predicted molar refractivity (Wildman–Crippen MR) is 114 cm³/mol. The van der Waals surface area contributed by atoms with Gasteiger partial charge in [0.15, 0.2) is 11.5 Å². The molecule has 1 unspecified atom stereocenters. The van der Waals surface area contributed by atoms with Gasteiger partial charge in [-0.25, -0.2) is 0 Å². The van der Waals surface area contributed by atoms with Crippen LogP contribution in [-0.2, 0) is 4.79 Å². The van der Waals surface area contributed by atoms with E-state index < -0.39 is 6.61 Å². The molecule has 1 atom stereocenters. The lowest BCUT2D eigenvalue weighted by Crippen LogP contribution is -2.33. The lowest BCUT2D eigenvalue weighted by molar-refractivity contribution is -0.116. The standard InChI is InChI=1S/C23H28F2N2O3/c1-5-29-21-14-17(8-12-20(21)30-23(24)25)9-13-22(28)26-15-19(27(3)4)18-10-6-16(2)7-11-18/h6-14,19,23H,5,15H2,1-4H3,(H,26,28)/b13-9+. The number of rotatable bonds is 10. The van der Waals surface area contributed by atoms with Gasteiger partial charge in [0.2, 0.25) is 5.91 Å². The summed E-state index contributed by atoms with van der Waals surface area (Å²) in [7, 11) is 3.93. The SMILES string of the molecule is CCOc1cc(/C=C/C(=O)NCC(c2ccc(C)cc2)N(C)C)ccc1OC(F)F. The Morgan fingerprint density at radius 3 is 2.43 bits per heavy atom. The number of nitrogens with zero attached hydrogens (tertiary/aromatic N) is 1. The molecule has 0 aliphatic heterocycles. The predicted octanol–water partition coefficient (Wildman–Crippen LogP) is 4.43. The largest absolute Gasteiger partial charge is 0.490 e. The summed E-state index contributed by atoms with van der Waals surface area (Å²) in [6.45, 7) is 1.60. The molecule has 1 amide bonds. The number of nitrogens with one attached hydrogen (secondary N) is 1. The van der Waals surface area contributed by atoms with Crippen LogP contribution in [0.3, 0.4) is 0 Å². The fourth-order valence-electron chi connectivity index (χ4n) is 2.91. The molecule has 5 nitrogen and oxygen atoms in total. The number of alkyl halides is 2. The van der Waals surface area contributed by atoms with Crippen LogP contribution in [0.5, 0.6) is 11.5 Å². The van der Waals surface area contributed by atoms with Crippen LogP contribution in [0.4, 0.5) is 8.78 Å². The molecule has 0 radical (unpaired) electrons. The van der Waals surface area contributed by atoms with Crippen LogP contribution in [0, 0.1) is 6.92 Å². The second kappa shape index (κ2) is 11.3. The van der Waals surface area contributed by atoms with E-state index in [-0.39, 0.29) is 23.4 Å². The second-order valence-corrected chi connectivity index (χ2v) is 6.99. The Hall–Kier alpha value is -2.93. The highest BCUT2D eigenvalue weighted by atomic mass is 19.3. The zero-order chi connectivity index (χ0) is 22.1. The van der Waals surface area contributed by atoms with E-state index in [2.05, 4.69) is 22.2 Å². The van der Waals surface area contributed by atoms with Crippen molar-refractivity contribution in [1.82, 2.24) is 10.2 Å². The van der Waals surface area contributed by atoms with Gasteiger partial charge in [0.25, 0.3) is 0 Å². The third-order valence-electron chi connectivity index (χ3n) is 4.47. The van der Waals surface area contributed by atoms with Crippen molar-refractivity contribution in [3.8, 4) is 11.5 Å². The number of carbonyl (C=O) groups excluding carboxylic acids is 1. The van der Waals surface area contributed by atoms with Crippen molar-refractivity contribution >= 4 is 12.0 Å². The molecule has 2 aromatic rings. The van der Waals surface area contributed by atoms with E-state index >= 15 is 0 Å². The molecule has 0 spiro atoms. The zero-order valence-corrected chi connectivity index (χ0v) is 17.7. The van der Waals surface area contributed by atoms with E-state index in [9.17, 15) is 13.6 Å². The molecule has 0 fully saturated rings. The molecule has 0 saturated heterocycles. The first-order chi connectivity index (χ1) is 14.3. The molecule has 2 aromatic carbocycles. The molecule has 30 heavy (non-hydrogen) atoms. The molecule has 0 heterocycles. The molecule has 1 N–H and O–H groups in total. The Morgan fingerprint density at radius 2 is 1.83 bits per heavy atom. The molecule has 0 aliphatic rings. The van der Waals surface area contributed by atoms with Crippen LogP contribution in [0.2, 0.25) is 0 Å². The topological polar surface area (TPSA) is 50.8 Å². The number of amides is 1. The van der Waals surface area contributed by atoms with Crippen LogP contribution < -0.4 is 14.8 Å². The number of halogens is 2. The Bertz CT molecular complexity index is 852. The highest BCUT2D eigenvalue weighted by Gasteiger charge is 2.15. The fraction of sp³-hybridized carbons (Fsp3) is 0.348. The van der Waals surface area contributed by atoms with E-state index in [4.69, 9.17) is 4.74 Å². The zero-order valence-electron chi connectivity index (χ0n) is 17.7. The van der Waals surface area contributed by atoms with Crippen molar-refractivity contribution in [3.05, 3.63) is 65.2 Å². The summed E-state index contributed by atoms with van der Waals surface area (Å²) in [5, 5.41) is 2.90. The minimum Gasteiger partial charge on any atom is -0.490 e. The first-order valence-electron chi connectivity index (χ1n) is 9.70. The van der Waals surface area contributed by atoms with Gasteiger partial charge >= 0.3 is 6.61 Å². The first-order valence-corrected chi connectivity index (χ1v) is 9.70. The fourth-order valence-corrected chi connectivity index (χ4v) is 2.91. The van der Waals surface area contributed by atoms with E-state index in [1.807, 2.05) is 38.1 Å². The lowest BCUT2D eigenvalue weighted by Gasteiger charge is -2.25. The number of hydrogen-bond donors (Lipinski definition) is 1. The van der Waals surface area contributed by atoms with Gasteiger partial charge in [0.1, 0.15) is 0 Å². The minimum atomic E-state index is -2.94. The summed E-state index contributed by atoms with van der Waals surface area (Å²) < 4.78 is 34.8. The summed E-state index contributed by atoms with van der Waals surface area (Å²) in [6, 6.07) is 12.8. The van der Waals surface area contributed by atoms with Crippen molar-refractivity contribution in [2.24, 2.45) is 0 Å². The van der Waals surface area contributed by atoms with Crippen molar-refractivity contribution in [2.45, 2.75) is 26.5 Å². The van der Waals surface area contributed by atoms with Gasteiger partial charge in [-0.3, -0.25) is 4.79 Å².